The van der Waals surface area contributed by atoms with Gasteiger partial charge < -0.3 is 19.9 Å². The minimum absolute atomic E-state index is 0.0325. The number of thiazole rings is 1. The van der Waals surface area contributed by atoms with Crippen molar-refractivity contribution in [2.45, 2.75) is 19.9 Å². The fraction of sp³-hybridized carbons (Fsp3) is 0.444. The van der Waals surface area contributed by atoms with Crippen LogP contribution in [0, 0.1) is 6.92 Å². The van der Waals surface area contributed by atoms with Crippen LogP contribution in [0.1, 0.15) is 24.1 Å². The van der Waals surface area contributed by atoms with E-state index in [0.717, 1.165) is 35.1 Å². The van der Waals surface area contributed by atoms with E-state index in [1.54, 1.807) is 18.4 Å². The number of aryl methyl sites for hydroxylation is 1. The van der Waals surface area contributed by atoms with Gasteiger partial charge in [0.15, 0.2) is 5.13 Å². The number of amides is 2. The molecule has 25 heavy (non-hydrogen) atoms. The van der Waals surface area contributed by atoms with E-state index in [1.165, 1.54) is 0 Å². The number of urea groups is 1. The number of benzene rings is 1. The van der Waals surface area contributed by atoms with Crippen molar-refractivity contribution in [2.75, 3.05) is 38.2 Å². The van der Waals surface area contributed by atoms with Crippen LogP contribution in [0.5, 0.6) is 5.75 Å². The summed E-state index contributed by atoms with van der Waals surface area (Å²) in [5.41, 5.74) is 2.14. The van der Waals surface area contributed by atoms with Crippen LogP contribution >= 0.6 is 11.3 Å². The molecule has 1 aliphatic heterocycles. The van der Waals surface area contributed by atoms with Crippen molar-refractivity contribution in [3.8, 4) is 5.75 Å². The number of carbonyl (C=O) groups is 1. The number of carbonyl (C=O) groups excluding carboxylic acids is 1. The maximum absolute atomic E-state index is 12.6. The minimum Gasteiger partial charge on any atom is -0.496 e. The number of piperazine rings is 1. The fourth-order valence-corrected chi connectivity index (χ4v) is 3.72. The summed E-state index contributed by atoms with van der Waals surface area (Å²) < 4.78 is 5.43. The van der Waals surface area contributed by atoms with Crippen molar-refractivity contribution in [3.63, 3.8) is 0 Å². The summed E-state index contributed by atoms with van der Waals surface area (Å²) in [5, 5.41) is 6.10. The normalized spacial score (nSPS) is 15.8. The number of nitrogens with zero attached hydrogens (tertiary/aromatic N) is 3. The van der Waals surface area contributed by atoms with Crippen LogP contribution in [-0.2, 0) is 0 Å². The molecule has 6 nitrogen and oxygen atoms in total. The lowest BCUT2D eigenvalue weighted by Crippen LogP contribution is -2.52. The average molecular weight is 360 g/mol. The lowest BCUT2D eigenvalue weighted by Gasteiger charge is -2.35. The Morgan fingerprint density at radius 2 is 2.08 bits per heavy atom. The Morgan fingerprint density at radius 1 is 1.32 bits per heavy atom. The smallest absolute Gasteiger partial charge is 0.317 e. The van der Waals surface area contributed by atoms with Gasteiger partial charge in [-0.3, -0.25) is 0 Å². The number of rotatable bonds is 4. The van der Waals surface area contributed by atoms with Crippen molar-refractivity contribution in [2.24, 2.45) is 0 Å². The van der Waals surface area contributed by atoms with E-state index in [9.17, 15) is 4.79 Å². The topological polar surface area (TPSA) is 57.7 Å². The van der Waals surface area contributed by atoms with E-state index in [2.05, 4.69) is 21.3 Å². The number of hydrogen-bond acceptors (Lipinski definition) is 5. The van der Waals surface area contributed by atoms with Gasteiger partial charge in [0.05, 0.1) is 13.2 Å². The lowest BCUT2D eigenvalue weighted by molar-refractivity contribution is 0.191. The summed E-state index contributed by atoms with van der Waals surface area (Å²) in [6, 6.07) is 5.87. The van der Waals surface area contributed by atoms with Gasteiger partial charge >= 0.3 is 6.03 Å². The van der Waals surface area contributed by atoms with Crippen LogP contribution in [0.2, 0.25) is 0 Å². The molecule has 0 bridgehead atoms. The molecule has 3 rings (SSSR count). The zero-order chi connectivity index (χ0) is 17.8. The molecular weight excluding hydrogens is 336 g/mol. The molecule has 2 heterocycles. The van der Waals surface area contributed by atoms with Crippen LogP contribution in [0.4, 0.5) is 9.93 Å². The quantitative estimate of drug-likeness (QED) is 0.910. The second-order valence-electron chi connectivity index (χ2n) is 6.21. The second-order valence-corrected chi connectivity index (χ2v) is 7.08. The molecule has 2 amide bonds. The molecule has 1 aromatic carbocycles. The first-order valence-corrected chi connectivity index (χ1v) is 9.31. The van der Waals surface area contributed by atoms with Crippen molar-refractivity contribution in [1.82, 2.24) is 15.2 Å². The van der Waals surface area contributed by atoms with Crippen LogP contribution in [0.25, 0.3) is 0 Å². The van der Waals surface area contributed by atoms with E-state index in [1.807, 2.05) is 42.5 Å². The average Bonchev–Trinajstić information content (AvgIpc) is 3.16. The Balaban J connectivity index is 1.58. The third-order valence-electron chi connectivity index (χ3n) is 4.45. The molecule has 1 N–H and O–H groups in total. The molecule has 7 heteroatoms. The molecule has 0 radical (unpaired) electrons. The Hall–Kier alpha value is -2.28. The second kappa shape index (κ2) is 7.74. The van der Waals surface area contributed by atoms with E-state index in [4.69, 9.17) is 4.74 Å². The van der Waals surface area contributed by atoms with Gasteiger partial charge in [0, 0.05) is 43.3 Å². The van der Waals surface area contributed by atoms with Crippen molar-refractivity contribution in [1.29, 1.82) is 0 Å². The van der Waals surface area contributed by atoms with Gasteiger partial charge in [-0.1, -0.05) is 17.7 Å². The third kappa shape index (κ3) is 4.04. The Bertz CT molecular complexity index is 712. The third-order valence-corrected chi connectivity index (χ3v) is 5.28. The highest BCUT2D eigenvalue weighted by Gasteiger charge is 2.24. The maximum Gasteiger partial charge on any atom is 0.317 e. The monoisotopic (exact) mass is 360 g/mol. The number of ether oxygens (including phenoxy) is 1. The zero-order valence-electron chi connectivity index (χ0n) is 14.9. The van der Waals surface area contributed by atoms with Crippen LogP contribution in [0.15, 0.2) is 29.8 Å². The van der Waals surface area contributed by atoms with E-state index >= 15 is 0 Å². The highest BCUT2D eigenvalue weighted by atomic mass is 32.1. The van der Waals surface area contributed by atoms with E-state index in [-0.39, 0.29) is 12.1 Å². The molecule has 1 saturated heterocycles. The molecule has 2 aromatic rings. The molecule has 1 aliphatic rings. The lowest BCUT2D eigenvalue weighted by atomic mass is 10.0. The van der Waals surface area contributed by atoms with Crippen molar-refractivity contribution < 1.29 is 9.53 Å². The molecule has 0 saturated carbocycles. The molecule has 1 fully saturated rings. The minimum atomic E-state index is -0.112. The highest BCUT2D eigenvalue weighted by molar-refractivity contribution is 7.13. The molecular formula is C18H24N4O2S. The summed E-state index contributed by atoms with van der Waals surface area (Å²) >= 11 is 1.63. The largest absolute Gasteiger partial charge is 0.496 e. The number of aromatic nitrogens is 1. The number of hydrogen-bond donors (Lipinski definition) is 1. The fourth-order valence-electron chi connectivity index (χ4n) is 3.02. The Labute approximate surface area is 152 Å². The number of methoxy groups -OCH3 is 1. The summed E-state index contributed by atoms with van der Waals surface area (Å²) in [4.78, 5) is 21.0. The SMILES string of the molecule is COc1ccc(C)cc1[C@@H](C)NC(=O)N1CCN(c2nccs2)CC1. The molecule has 0 aliphatic carbocycles. The van der Waals surface area contributed by atoms with Gasteiger partial charge in [-0.05, 0) is 19.9 Å². The van der Waals surface area contributed by atoms with Gasteiger partial charge in [0.1, 0.15) is 5.75 Å². The summed E-state index contributed by atoms with van der Waals surface area (Å²) in [6.07, 6.45) is 1.82. The predicted molar refractivity (Wildman–Crippen MR) is 101 cm³/mol. The van der Waals surface area contributed by atoms with Crippen molar-refractivity contribution in [3.05, 3.63) is 40.9 Å². The van der Waals surface area contributed by atoms with Crippen LogP contribution in [0.3, 0.4) is 0 Å². The predicted octanol–water partition coefficient (Wildman–Crippen LogP) is 3.05. The molecule has 1 aromatic heterocycles. The zero-order valence-corrected chi connectivity index (χ0v) is 15.7. The Morgan fingerprint density at radius 3 is 2.72 bits per heavy atom. The maximum atomic E-state index is 12.6. The van der Waals surface area contributed by atoms with E-state index < -0.39 is 0 Å². The Kier molecular flexibility index (Phi) is 5.43. The number of nitrogens with one attached hydrogen (secondary N) is 1. The first kappa shape index (κ1) is 17.5. The van der Waals surface area contributed by atoms with Gasteiger partial charge in [0.25, 0.3) is 0 Å². The molecule has 0 spiro atoms. The van der Waals surface area contributed by atoms with Gasteiger partial charge in [-0.15, -0.1) is 11.3 Å². The van der Waals surface area contributed by atoms with Crippen LogP contribution in [-0.4, -0.2) is 49.2 Å². The van der Waals surface area contributed by atoms with E-state index in [0.29, 0.717) is 13.1 Å². The van der Waals surface area contributed by atoms with Gasteiger partial charge in [-0.2, -0.15) is 0 Å². The molecule has 1 atom stereocenters. The molecule has 134 valence electrons. The first-order valence-electron chi connectivity index (χ1n) is 8.43. The number of anilines is 1. The van der Waals surface area contributed by atoms with Gasteiger partial charge in [-0.25, -0.2) is 9.78 Å². The first-order chi connectivity index (χ1) is 12.1. The molecule has 0 unspecified atom stereocenters. The summed E-state index contributed by atoms with van der Waals surface area (Å²) in [5.74, 6) is 0.798. The highest BCUT2D eigenvalue weighted by Crippen LogP contribution is 2.26. The van der Waals surface area contributed by atoms with Crippen molar-refractivity contribution >= 4 is 22.5 Å². The summed E-state index contributed by atoms with van der Waals surface area (Å²) in [7, 11) is 1.65. The van der Waals surface area contributed by atoms with Gasteiger partial charge in [0.2, 0.25) is 0 Å². The van der Waals surface area contributed by atoms with Crippen LogP contribution < -0.4 is 15.0 Å². The standard InChI is InChI=1S/C18H24N4O2S/c1-13-4-5-16(24-3)15(12-13)14(2)20-17(23)21-7-9-22(10-8-21)18-19-6-11-25-18/h4-6,11-12,14H,7-10H2,1-3H3,(H,20,23)/t14-/m1/s1. The summed E-state index contributed by atoms with van der Waals surface area (Å²) in [6.45, 7) is 7.04.